The molecule has 0 saturated heterocycles. The number of phenols is 2. The third-order valence-corrected chi connectivity index (χ3v) is 4.27. The van der Waals surface area contributed by atoms with E-state index in [4.69, 9.17) is 11.0 Å². The zero-order valence-corrected chi connectivity index (χ0v) is 15.6. The zero-order chi connectivity index (χ0) is 18.7. The number of hydrogen-bond donors (Lipinski definition) is 4. The van der Waals surface area contributed by atoms with Crippen molar-refractivity contribution in [3.8, 4) is 11.5 Å². The molecule has 0 amide bonds. The third-order valence-electron chi connectivity index (χ3n) is 3.65. The van der Waals surface area contributed by atoms with E-state index >= 15 is 0 Å². The summed E-state index contributed by atoms with van der Waals surface area (Å²) in [5, 5.41) is 41.7. The number of rotatable bonds is 5. The summed E-state index contributed by atoms with van der Waals surface area (Å²) in [4.78, 5) is 0.324. The number of azo groups is 1. The fraction of sp³-hybridized carbons (Fsp3) is 0.0588. The van der Waals surface area contributed by atoms with Gasteiger partial charge in [-0.05, 0) is 42.1 Å². The van der Waals surface area contributed by atoms with Gasteiger partial charge in [-0.2, -0.15) is 0 Å². The molecule has 0 heterocycles. The Morgan fingerprint density at radius 1 is 1.07 bits per heavy atom. The molecule has 0 bridgehead atoms. The van der Waals surface area contributed by atoms with Gasteiger partial charge in [-0.1, -0.05) is 23.2 Å². The quantitative estimate of drug-likeness (QED) is 0.111. The van der Waals surface area contributed by atoms with Crippen molar-refractivity contribution in [2.75, 3.05) is 5.73 Å². The summed E-state index contributed by atoms with van der Waals surface area (Å²) in [6.07, 6.45) is 0. The van der Waals surface area contributed by atoms with E-state index in [0.29, 0.717) is 33.4 Å². The Morgan fingerprint density at radius 2 is 1.85 bits per heavy atom. The van der Waals surface area contributed by atoms with Crippen LogP contribution in [0.3, 0.4) is 0 Å². The molecular formula is C17H15CuN3O5S. The van der Waals surface area contributed by atoms with Gasteiger partial charge in [0.2, 0.25) is 0 Å². The number of nitrogen functional groups attached to an aromatic ring is 1. The summed E-state index contributed by atoms with van der Waals surface area (Å²) < 4.78 is 4.46. The van der Waals surface area contributed by atoms with Gasteiger partial charge in [-0.15, -0.1) is 14.6 Å². The topological polar surface area (TPSA) is 130 Å². The normalized spacial score (nSPS) is 11.0. The second kappa shape index (κ2) is 9.05. The van der Waals surface area contributed by atoms with E-state index in [0.717, 1.165) is 5.56 Å². The third kappa shape index (κ3) is 4.51. The molecule has 0 aliphatic carbocycles. The van der Waals surface area contributed by atoms with Crippen LogP contribution in [0.15, 0.2) is 57.6 Å². The van der Waals surface area contributed by atoms with Crippen LogP contribution in [0.4, 0.5) is 17.1 Å². The van der Waals surface area contributed by atoms with Gasteiger partial charge in [0.1, 0.15) is 17.1 Å². The van der Waals surface area contributed by atoms with Crippen molar-refractivity contribution in [1.29, 1.82) is 0 Å². The van der Waals surface area contributed by atoms with E-state index in [-0.39, 0.29) is 39.9 Å². The molecule has 0 aliphatic rings. The summed E-state index contributed by atoms with van der Waals surface area (Å²) in [6, 6.07) is 11.7. The molecule has 3 aromatic rings. The van der Waals surface area contributed by atoms with Crippen molar-refractivity contribution in [2.45, 2.75) is 11.8 Å². The predicted molar refractivity (Wildman–Crippen MR) is 97.7 cm³/mol. The molecule has 3 rings (SSSR count). The van der Waals surface area contributed by atoms with E-state index in [9.17, 15) is 10.2 Å². The van der Waals surface area contributed by atoms with Gasteiger partial charge in [0.25, 0.3) is 0 Å². The van der Waals surface area contributed by atoms with Crippen LogP contribution in [0.2, 0.25) is 0 Å². The molecule has 0 saturated carbocycles. The van der Waals surface area contributed by atoms with Crippen LogP contribution in [0.5, 0.6) is 11.5 Å². The van der Waals surface area contributed by atoms with Crippen LogP contribution in [-0.2, 0) is 26.4 Å². The zero-order valence-electron chi connectivity index (χ0n) is 13.9. The molecule has 5 N–H and O–H groups in total. The summed E-state index contributed by atoms with van der Waals surface area (Å²) in [5.41, 5.74) is 7.46. The number of nitrogens with two attached hydrogens (primary N) is 1. The maximum Gasteiger partial charge on any atom is 0.154 e. The molecule has 0 unspecified atom stereocenters. The first-order chi connectivity index (χ1) is 12.5. The fourth-order valence-corrected chi connectivity index (χ4v) is 2.96. The van der Waals surface area contributed by atoms with Crippen molar-refractivity contribution >= 4 is 39.9 Å². The van der Waals surface area contributed by atoms with Gasteiger partial charge in [0, 0.05) is 28.1 Å². The molecule has 0 atom stereocenters. The average molecular weight is 437 g/mol. The number of benzene rings is 3. The molecule has 1 radical (unpaired) electrons. The number of fused-ring (bicyclic) bond motifs is 1. The van der Waals surface area contributed by atoms with Crippen LogP contribution in [0, 0.1) is 6.92 Å². The molecule has 0 aliphatic heterocycles. The van der Waals surface area contributed by atoms with Gasteiger partial charge >= 0.3 is 0 Å². The van der Waals surface area contributed by atoms with Crippen LogP contribution in [0.1, 0.15) is 5.56 Å². The fourth-order valence-electron chi connectivity index (χ4n) is 2.46. The molecule has 0 spiro atoms. The number of aryl methyl sites for hydroxylation is 1. The minimum absolute atomic E-state index is 0. The van der Waals surface area contributed by atoms with Crippen molar-refractivity contribution in [1.82, 2.24) is 0 Å². The number of phenolic OH excluding ortho intramolecular Hbond substituents is 2. The van der Waals surface area contributed by atoms with Crippen LogP contribution in [0.25, 0.3) is 10.8 Å². The average Bonchev–Trinajstić information content (AvgIpc) is 2.60. The monoisotopic (exact) mass is 436 g/mol. The minimum Gasteiger partial charge on any atom is -0.506 e. The standard InChI is InChI=1S/C17H15N3O5S.Cu/c1-9-5-6-12(13(21)7-9)19-20-16-14(26-25-24-23)8-10-3-2-4-11(18)15(10)17(16)22;/h2-8,21-23H,18H2,1H3;. The smallest absolute Gasteiger partial charge is 0.154 e. The van der Waals surface area contributed by atoms with Gasteiger partial charge < -0.3 is 15.9 Å². The van der Waals surface area contributed by atoms with Gasteiger partial charge in [-0.3, -0.25) is 0 Å². The summed E-state index contributed by atoms with van der Waals surface area (Å²) in [6.45, 7) is 1.83. The Morgan fingerprint density at radius 3 is 2.56 bits per heavy atom. The van der Waals surface area contributed by atoms with Crippen molar-refractivity contribution < 1.29 is 41.9 Å². The molecule has 8 nitrogen and oxygen atoms in total. The molecule has 0 fully saturated rings. The first kappa shape index (κ1) is 21.0. The van der Waals surface area contributed by atoms with E-state index in [1.165, 1.54) is 0 Å². The van der Waals surface area contributed by atoms with E-state index < -0.39 is 0 Å². The second-order valence-corrected chi connectivity index (χ2v) is 6.18. The predicted octanol–water partition coefficient (Wildman–Crippen LogP) is 4.98. The molecule has 0 aromatic heterocycles. The number of hydrogen-bond acceptors (Lipinski definition) is 9. The van der Waals surface area contributed by atoms with E-state index in [1.54, 1.807) is 42.5 Å². The van der Waals surface area contributed by atoms with Crippen LogP contribution < -0.4 is 5.73 Å². The largest absolute Gasteiger partial charge is 0.506 e. The second-order valence-electron chi connectivity index (χ2n) is 5.44. The Labute approximate surface area is 169 Å². The summed E-state index contributed by atoms with van der Waals surface area (Å²) in [7, 11) is 0. The Bertz CT molecular complexity index is 1000. The summed E-state index contributed by atoms with van der Waals surface area (Å²) >= 11 is 0.634. The van der Waals surface area contributed by atoms with E-state index in [2.05, 4.69) is 19.6 Å². The van der Waals surface area contributed by atoms with Crippen molar-refractivity contribution in [2.24, 2.45) is 10.2 Å². The van der Waals surface area contributed by atoms with Crippen LogP contribution >= 0.6 is 12.0 Å². The van der Waals surface area contributed by atoms with Gasteiger partial charge in [0.15, 0.2) is 5.75 Å². The Kier molecular flexibility index (Phi) is 7.03. The van der Waals surface area contributed by atoms with E-state index in [1.807, 2.05) is 6.92 Å². The van der Waals surface area contributed by atoms with Gasteiger partial charge in [-0.25, -0.2) is 5.26 Å². The Hall–Kier alpha value is -2.33. The molecule has 3 aromatic carbocycles. The SMILES string of the molecule is Cc1ccc(N=Nc2c(SOOO)cc3cccc(N)c3c2O)c(O)c1.[Cu]. The number of aromatic hydroxyl groups is 2. The first-order valence-corrected chi connectivity index (χ1v) is 8.15. The van der Waals surface area contributed by atoms with Crippen LogP contribution in [-0.4, -0.2) is 15.5 Å². The molecule has 10 heteroatoms. The number of anilines is 1. The minimum atomic E-state index is -0.208. The first-order valence-electron chi connectivity index (χ1n) is 7.41. The Balaban J connectivity index is 0.00000261. The summed E-state index contributed by atoms with van der Waals surface area (Å²) in [5.74, 6) is -0.252. The van der Waals surface area contributed by atoms with Crippen molar-refractivity contribution in [3.63, 3.8) is 0 Å². The molecule has 27 heavy (non-hydrogen) atoms. The molecule has 145 valence electrons. The maximum atomic E-state index is 10.6. The molecular weight excluding hydrogens is 422 g/mol. The maximum absolute atomic E-state index is 10.6. The van der Waals surface area contributed by atoms with Crippen molar-refractivity contribution in [3.05, 3.63) is 48.0 Å². The van der Waals surface area contributed by atoms with Gasteiger partial charge in [0.05, 0.1) is 16.9 Å². The number of nitrogens with zero attached hydrogens (tertiary/aromatic N) is 2.